The number of rotatable bonds is 7. The predicted molar refractivity (Wildman–Crippen MR) is 147 cm³/mol. The number of nitrogens with zero attached hydrogens (tertiary/aromatic N) is 4. The molecule has 3 heterocycles. The van der Waals surface area contributed by atoms with E-state index in [1.54, 1.807) is 6.07 Å². The lowest BCUT2D eigenvalue weighted by molar-refractivity contribution is 0.209. The highest BCUT2D eigenvalue weighted by Gasteiger charge is 2.26. The molecule has 1 saturated heterocycles. The minimum atomic E-state index is -0.308. The van der Waals surface area contributed by atoms with E-state index in [9.17, 15) is 4.39 Å². The van der Waals surface area contributed by atoms with Gasteiger partial charge in [0.25, 0.3) is 0 Å². The van der Waals surface area contributed by atoms with Gasteiger partial charge in [0, 0.05) is 60.3 Å². The fraction of sp³-hybridized carbons (Fsp3) is 0.400. The van der Waals surface area contributed by atoms with E-state index in [0.717, 1.165) is 96.0 Å². The summed E-state index contributed by atoms with van der Waals surface area (Å²) < 4.78 is 13.3. The normalized spacial score (nSPS) is 17.8. The van der Waals surface area contributed by atoms with Crippen molar-refractivity contribution in [2.24, 2.45) is 0 Å². The van der Waals surface area contributed by atoms with Gasteiger partial charge in [-0.15, -0.1) is 0 Å². The number of benzene rings is 1. The van der Waals surface area contributed by atoms with Gasteiger partial charge in [-0.05, 0) is 61.4 Å². The van der Waals surface area contributed by atoms with Gasteiger partial charge in [-0.2, -0.15) is 0 Å². The molecule has 0 radical (unpaired) electrons. The lowest BCUT2D eigenvalue weighted by Gasteiger charge is -2.39. The largest absolute Gasteiger partial charge is 0.372 e. The Morgan fingerprint density at radius 3 is 2.61 bits per heavy atom. The van der Waals surface area contributed by atoms with Gasteiger partial charge in [0.05, 0.1) is 16.7 Å². The average Bonchev–Trinajstić information content (AvgIpc) is 2.91. The Morgan fingerprint density at radius 2 is 1.89 bits per heavy atom. The number of hydrogen-bond donors (Lipinski definition) is 0. The van der Waals surface area contributed by atoms with Crippen LogP contribution in [-0.2, 0) is 12.8 Å². The average molecular weight is 505 g/mol. The zero-order valence-electron chi connectivity index (χ0n) is 21.1. The van der Waals surface area contributed by atoms with Gasteiger partial charge in [0.2, 0.25) is 0 Å². The molecule has 2 aliphatic rings. The van der Waals surface area contributed by atoms with Crippen molar-refractivity contribution in [3.05, 3.63) is 88.7 Å². The monoisotopic (exact) mass is 504 g/mol. The van der Waals surface area contributed by atoms with Gasteiger partial charge in [-0.1, -0.05) is 50.2 Å². The van der Waals surface area contributed by atoms with E-state index in [0.29, 0.717) is 0 Å². The molecule has 1 atom stereocenters. The van der Waals surface area contributed by atoms with Gasteiger partial charge < -0.3 is 9.80 Å². The minimum Gasteiger partial charge on any atom is -0.372 e. The summed E-state index contributed by atoms with van der Waals surface area (Å²) in [4.78, 5) is 14.2. The Bertz CT molecular complexity index is 1280. The van der Waals surface area contributed by atoms with E-state index < -0.39 is 0 Å². The van der Waals surface area contributed by atoms with Gasteiger partial charge in [0.1, 0.15) is 5.82 Å². The highest BCUT2D eigenvalue weighted by Crippen LogP contribution is 2.38. The van der Waals surface area contributed by atoms with Crippen LogP contribution in [0.1, 0.15) is 61.0 Å². The molecule has 1 aliphatic heterocycles. The number of halogens is 2. The molecular weight excluding hydrogens is 471 g/mol. The maximum atomic E-state index is 13.3. The third-order valence-electron chi connectivity index (χ3n) is 7.71. The molecule has 5 rings (SSSR count). The lowest BCUT2D eigenvalue weighted by Crippen LogP contribution is -2.44. The summed E-state index contributed by atoms with van der Waals surface area (Å²) in [7, 11) is 0. The Balaban J connectivity index is 1.33. The quantitative estimate of drug-likeness (QED) is 0.347. The molecular formula is C30H34ClFN4. The number of allylic oxidation sites excluding steroid dienone is 1. The van der Waals surface area contributed by atoms with Crippen molar-refractivity contribution in [1.29, 1.82) is 0 Å². The molecule has 36 heavy (non-hydrogen) atoms. The first-order valence-corrected chi connectivity index (χ1v) is 13.4. The Morgan fingerprint density at radius 1 is 1.11 bits per heavy atom. The van der Waals surface area contributed by atoms with Crippen LogP contribution in [0, 0.1) is 5.82 Å². The molecule has 0 saturated carbocycles. The Kier molecular flexibility index (Phi) is 7.29. The van der Waals surface area contributed by atoms with Gasteiger partial charge in [-0.25, -0.2) is 4.39 Å². The van der Waals surface area contributed by atoms with Crippen LogP contribution < -0.4 is 0 Å². The van der Waals surface area contributed by atoms with E-state index in [1.807, 2.05) is 0 Å². The summed E-state index contributed by atoms with van der Waals surface area (Å²) in [6.45, 7) is 14.8. The second-order valence-electron chi connectivity index (χ2n) is 10.0. The first kappa shape index (κ1) is 24.8. The van der Waals surface area contributed by atoms with Gasteiger partial charge >= 0.3 is 0 Å². The summed E-state index contributed by atoms with van der Waals surface area (Å²) >= 11 is 6.88. The molecule has 0 bridgehead atoms. The fourth-order valence-electron chi connectivity index (χ4n) is 5.46. The number of aromatic nitrogens is 2. The molecule has 3 aromatic rings. The molecule has 1 unspecified atom stereocenters. The zero-order valence-corrected chi connectivity index (χ0v) is 21.8. The highest BCUT2D eigenvalue weighted by atomic mass is 35.5. The van der Waals surface area contributed by atoms with E-state index in [-0.39, 0.29) is 11.7 Å². The number of pyridine rings is 2. The van der Waals surface area contributed by atoms with E-state index >= 15 is 0 Å². The van der Waals surface area contributed by atoms with Crippen LogP contribution in [0.2, 0.25) is 5.02 Å². The van der Waals surface area contributed by atoms with E-state index in [4.69, 9.17) is 16.6 Å². The van der Waals surface area contributed by atoms with Crippen molar-refractivity contribution in [1.82, 2.24) is 19.8 Å². The summed E-state index contributed by atoms with van der Waals surface area (Å²) in [5.41, 5.74) is 7.34. The van der Waals surface area contributed by atoms with Crippen LogP contribution in [0.3, 0.4) is 0 Å². The number of fused-ring (bicyclic) bond motifs is 2. The summed E-state index contributed by atoms with van der Waals surface area (Å²) in [6.07, 6.45) is 7.32. The van der Waals surface area contributed by atoms with E-state index in [2.05, 4.69) is 53.1 Å². The first-order valence-electron chi connectivity index (χ1n) is 13.0. The number of piperazine rings is 1. The van der Waals surface area contributed by atoms with E-state index in [1.165, 1.54) is 30.8 Å². The predicted octanol–water partition coefficient (Wildman–Crippen LogP) is 6.99. The second-order valence-corrected chi connectivity index (χ2v) is 10.4. The van der Waals surface area contributed by atoms with Crippen molar-refractivity contribution < 1.29 is 4.39 Å². The molecule has 6 heteroatoms. The number of unbranched alkanes of at least 4 members (excludes halogenated alkanes) is 1. The summed E-state index contributed by atoms with van der Waals surface area (Å²) in [5.74, 6) is -0.0849. The van der Waals surface area contributed by atoms with Crippen LogP contribution in [0.15, 0.2) is 55.4 Å². The maximum Gasteiger partial charge on any atom is 0.141 e. The smallest absolute Gasteiger partial charge is 0.141 e. The third-order valence-corrected chi connectivity index (χ3v) is 8.15. The van der Waals surface area contributed by atoms with Crippen LogP contribution >= 0.6 is 11.6 Å². The molecule has 1 aliphatic carbocycles. The topological polar surface area (TPSA) is 32.3 Å². The Hall–Kier alpha value is -2.92. The summed E-state index contributed by atoms with van der Waals surface area (Å²) in [5, 5.41) is 1.79. The van der Waals surface area contributed by atoms with Crippen molar-refractivity contribution in [2.45, 2.75) is 51.4 Å². The van der Waals surface area contributed by atoms with Crippen molar-refractivity contribution in [2.75, 3.05) is 26.2 Å². The SMILES string of the molecule is C=C(CCCC)N1CCN(C(=C)c2ccc3c(Cl)c4c(nc3c2)CC(c2ccc(F)cn2)CC4)CC1. The Labute approximate surface area is 218 Å². The highest BCUT2D eigenvalue weighted by molar-refractivity contribution is 6.36. The molecule has 188 valence electrons. The maximum absolute atomic E-state index is 13.3. The molecule has 0 amide bonds. The fourth-order valence-corrected chi connectivity index (χ4v) is 5.83. The molecule has 2 aromatic heterocycles. The first-order chi connectivity index (χ1) is 17.4. The molecule has 1 fully saturated rings. The lowest BCUT2D eigenvalue weighted by atomic mass is 9.84. The summed E-state index contributed by atoms with van der Waals surface area (Å²) in [6, 6.07) is 9.59. The van der Waals surface area contributed by atoms with Crippen LogP contribution in [0.5, 0.6) is 0 Å². The van der Waals surface area contributed by atoms with Crippen LogP contribution in [0.4, 0.5) is 4.39 Å². The molecule has 0 spiro atoms. The molecule has 0 N–H and O–H groups in total. The van der Waals surface area contributed by atoms with Crippen molar-refractivity contribution >= 4 is 28.2 Å². The third kappa shape index (κ3) is 4.99. The van der Waals surface area contributed by atoms with Gasteiger partial charge in [-0.3, -0.25) is 9.97 Å². The minimum absolute atomic E-state index is 0.223. The number of hydrogen-bond acceptors (Lipinski definition) is 4. The van der Waals surface area contributed by atoms with Crippen molar-refractivity contribution in [3.8, 4) is 0 Å². The molecule has 1 aromatic carbocycles. The van der Waals surface area contributed by atoms with Crippen LogP contribution in [-0.4, -0.2) is 45.9 Å². The van der Waals surface area contributed by atoms with Crippen LogP contribution in [0.25, 0.3) is 16.6 Å². The van der Waals surface area contributed by atoms with Gasteiger partial charge in [0.15, 0.2) is 0 Å². The molecule has 4 nitrogen and oxygen atoms in total. The second kappa shape index (κ2) is 10.6. The zero-order chi connectivity index (χ0) is 25.2. The standard InChI is InChI=1S/C30H34ClFN4/c1-4-5-6-20(2)35-13-15-36(16-14-35)21(3)22-7-10-25-28(17-22)34-29-18-23(8-11-26(29)30(25)31)27-12-9-24(32)19-33-27/h7,9-10,12,17,19,23H,2-6,8,11,13-16,18H2,1H3. The van der Waals surface area contributed by atoms with Crippen molar-refractivity contribution in [3.63, 3.8) is 0 Å².